The summed E-state index contributed by atoms with van der Waals surface area (Å²) in [5.41, 5.74) is 0.419. The molecule has 0 aliphatic rings. The molecule has 8 heteroatoms. The highest BCUT2D eigenvalue weighted by molar-refractivity contribution is 7.18. The van der Waals surface area contributed by atoms with Crippen LogP contribution in [0.5, 0.6) is 16.7 Å². The van der Waals surface area contributed by atoms with Crippen LogP contribution in [-0.2, 0) is 0 Å². The number of halogens is 1. The maximum absolute atomic E-state index is 13.1. The number of benzene rings is 2. The van der Waals surface area contributed by atoms with E-state index < -0.39 is 11.7 Å². The van der Waals surface area contributed by atoms with Crippen molar-refractivity contribution in [3.05, 3.63) is 65.6 Å². The lowest BCUT2D eigenvalue weighted by Crippen LogP contribution is -2.13. The Hall–Kier alpha value is -3.26. The molecule has 3 aromatic rings. The Labute approximate surface area is 171 Å². The van der Waals surface area contributed by atoms with Gasteiger partial charge >= 0.3 is 0 Å². The summed E-state index contributed by atoms with van der Waals surface area (Å²) in [7, 11) is 1.57. The van der Waals surface area contributed by atoms with Gasteiger partial charge in [-0.25, -0.2) is 4.39 Å². The maximum atomic E-state index is 13.1. The van der Waals surface area contributed by atoms with Crippen LogP contribution in [0.2, 0.25) is 0 Å². The van der Waals surface area contributed by atoms with Crippen LogP contribution >= 0.6 is 11.3 Å². The first-order valence-corrected chi connectivity index (χ1v) is 9.74. The van der Waals surface area contributed by atoms with E-state index in [9.17, 15) is 14.0 Å². The highest BCUT2D eigenvalue weighted by atomic mass is 32.1. The normalized spacial score (nSPS) is 10.4. The van der Waals surface area contributed by atoms with E-state index in [1.807, 2.05) is 6.92 Å². The molecular weight excluding hydrogens is 395 g/mol. The van der Waals surface area contributed by atoms with Crippen molar-refractivity contribution in [2.24, 2.45) is 0 Å². The molecule has 3 rings (SSSR count). The van der Waals surface area contributed by atoms with Crippen molar-refractivity contribution in [1.82, 2.24) is 4.98 Å². The van der Waals surface area contributed by atoms with Crippen LogP contribution in [0.1, 0.15) is 40.6 Å². The van der Waals surface area contributed by atoms with Crippen molar-refractivity contribution in [2.45, 2.75) is 19.8 Å². The molecule has 0 aliphatic carbocycles. The number of aromatic nitrogens is 1. The van der Waals surface area contributed by atoms with Gasteiger partial charge < -0.3 is 14.8 Å². The van der Waals surface area contributed by atoms with Crippen LogP contribution in [0.4, 0.5) is 9.39 Å². The molecule has 0 fully saturated rings. The molecule has 150 valence electrons. The van der Waals surface area contributed by atoms with Gasteiger partial charge in [0.1, 0.15) is 28.0 Å². The molecule has 0 atom stereocenters. The SMILES string of the molecule is CCCC(=O)c1nc(Oc2ccc(OC)cc2)sc1NC(=O)c1ccc(F)cc1. The van der Waals surface area contributed by atoms with Crippen molar-refractivity contribution in [3.63, 3.8) is 0 Å². The lowest BCUT2D eigenvalue weighted by molar-refractivity contribution is 0.0978. The third-order valence-electron chi connectivity index (χ3n) is 3.95. The zero-order chi connectivity index (χ0) is 20.8. The van der Waals surface area contributed by atoms with E-state index in [-0.39, 0.29) is 22.2 Å². The molecule has 1 N–H and O–H groups in total. The zero-order valence-electron chi connectivity index (χ0n) is 15.9. The molecule has 2 aromatic carbocycles. The summed E-state index contributed by atoms with van der Waals surface area (Å²) in [6, 6.07) is 12.0. The van der Waals surface area contributed by atoms with Crippen molar-refractivity contribution in [1.29, 1.82) is 0 Å². The van der Waals surface area contributed by atoms with E-state index in [1.165, 1.54) is 24.3 Å². The van der Waals surface area contributed by atoms with Gasteiger partial charge in [-0.3, -0.25) is 9.59 Å². The average molecular weight is 414 g/mol. The Bertz CT molecular complexity index is 1000. The van der Waals surface area contributed by atoms with E-state index in [2.05, 4.69) is 10.3 Å². The fourth-order valence-corrected chi connectivity index (χ4v) is 3.33. The highest BCUT2D eigenvalue weighted by Crippen LogP contribution is 2.35. The minimum absolute atomic E-state index is 0.149. The quantitative estimate of drug-likeness (QED) is 0.505. The molecule has 0 radical (unpaired) electrons. The number of hydrogen-bond donors (Lipinski definition) is 1. The molecule has 0 saturated heterocycles. The van der Waals surface area contributed by atoms with E-state index in [0.717, 1.165) is 11.3 Å². The fraction of sp³-hybridized carbons (Fsp3) is 0.190. The number of nitrogens with one attached hydrogen (secondary N) is 1. The van der Waals surface area contributed by atoms with Crippen LogP contribution in [-0.4, -0.2) is 23.8 Å². The van der Waals surface area contributed by atoms with Gasteiger partial charge in [0.05, 0.1) is 7.11 Å². The second-order valence-electron chi connectivity index (χ2n) is 6.07. The van der Waals surface area contributed by atoms with Crippen molar-refractivity contribution >= 4 is 28.0 Å². The predicted molar refractivity (Wildman–Crippen MR) is 109 cm³/mol. The number of hydrogen-bond acceptors (Lipinski definition) is 6. The van der Waals surface area contributed by atoms with Crippen LogP contribution in [0.15, 0.2) is 48.5 Å². The average Bonchev–Trinajstić information content (AvgIpc) is 3.11. The van der Waals surface area contributed by atoms with Crippen molar-refractivity contribution < 1.29 is 23.5 Å². The number of carbonyl (C=O) groups excluding carboxylic acids is 2. The number of ketones is 1. The second-order valence-corrected chi connectivity index (χ2v) is 7.03. The Morgan fingerprint density at radius 2 is 1.72 bits per heavy atom. The molecule has 6 nitrogen and oxygen atoms in total. The number of methoxy groups -OCH3 is 1. The molecule has 0 bridgehead atoms. The van der Waals surface area contributed by atoms with Gasteiger partial charge in [-0.15, -0.1) is 0 Å². The summed E-state index contributed by atoms with van der Waals surface area (Å²) in [6.07, 6.45) is 0.946. The number of Topliss-reactive ketones (excluding diaryl/α,β-unsaturated/α-hetero) is 1. The monoisotopic (exact) mass is 414 g/mol. The van der Waals surface area contributed by atoms with Gasteiger partial charge in [0.25, 0.3) is 11.1 Å². The van der Waals surface area contributed by atoms with E-state index >= 15 is 0 Å². The number of carbonyl (C=O) groups is 2. The maximum Gasteiger partial charge on any atom is 0.281 e. The lowest BCUT2D eigenvalue weighted by Gasteiger charge is -2.04. The summed E-state index contributed by atoms with van der Waals surface area (Å²) in [6.45, 7) is 1.88. The van der Waals surface area contributed by atoms with Gasteiger partial charge in [0.15, 0.2) is 5.78 Å². The minimum atomic E-state index is -0.463. The van der Waals surface area contributed by atoms with Gasteiger partial charge in [-0.1, -0.05) is 18.3 Å². The minimum Gasteiger partial charge on any atom is -0.497 e. The Balaban J connectivity index is 1.84. The molecule has 0 aliphatic heterocycles. The number of thiazole rings is 1. The Morgan fingerprint density at radius 1 is 1.07 bits per heavy atom. The lowest BCUT2D eigenvalue weighted by atomic mass is 10.2. The summed E-state index contributed by atoms with van der Waals surface area (Å²) in [5.74, 6) is 0.110. The third-order valence-corrected chi connectivity index (χ3v) is 4.80. The molecule has 0 unspecified atom stereocenters. The van der Waals surface area contributed by atoms with Crippen LogP contribution < -0.4 is 14.8 Å². The van der Waals surface area contributed by atoms with E-state index in [1.54, 1.807) is 31.4 Å². The van der Waals surface area contributed by atoms with Gasteiger partial charge in [0, 0.05) is 12.0 Å². The highest BCUT2D eigenvalue weighted by Gasteiger charge is 2.21. The first-order valence-electron chi connectivity index (χ1n) is 8.93. The fourth-order valence-electron chi connectivity index (χ4n) is 2.48. The van der Waals surface area contributed by atoms with E-state index in [0.29, 0.717) is 29.3 Å². The van der Waals surface area contributed by atoms with Crippen molar-refractivity contribution in [2.75, 3.05) is 12.4 Å². The number of anilines is 1. The van der Waals surface area contributed by atoms with Gasteiger partial charge in [-0.2, -0.15) is 4.98 Å². The van der Waals surface area contributed by atoms with Crippen LogP contribution in [0.25, 0.3) is 0 Å². The zero-order valence-corrected chi connectivity index (χ0v) is 16.7. The molecule has 0 saturated carbocycles. The van der Waals surface area contributed by atoms with E-state index in [4.69, 9.17) is 9.47 Å². The number of amides is 1. The van der Waals surface area contributed by atoms with Crippen molar-refractivity contribution in [3.8, 4) is 16.7 Å². The Morgan fingerprint density at radius 3 is 2.34 bits per heavy atom. The molecule has 0 spiro atoms. The molecular formula is C21H19FN2O4S. The second kappa shape index (κ2) is 9.29. The predicted octanol–water partition coefficient (Wildman–Crippen LogP) is 5.32. The summed E-state index contributed by atoms with van der Waals surface area (Å²) >= 11 is 1.05. The molecule has 1 heterocycles. The van der Waals surface area contributed by atoms with Crippen LogP contribution in [0.3, 0.4) is 0 Å². The summed E-state index contributed by atoms with van der Waals surface area (Å²) < 4.78 is 23.9. The number of rotatable bonds is 8. The molecule has 29 heavy (non-hydrogen) atoms. The topological polar surface area (TPSA) is 77.5 Å². The first kappa shape index (κ1) is 20.5. The number of ether oxygens (including phenoxy) is 2. The van der Waals surface area contributed by atoms with Gasteiger partial charge in [-0.05, 0) is 55.0 Å². The molecule has 1 aromatic heterocycles. The third kappa shape index (κ3) is 5.17. The number of nitrogens with zero attached hydrogens (tertiary/aromatic N) is 1. The Kier molecular flexibility index (Phi) is 6.56. The van der Waals surface area contributed by atoms with Gasteiger partial charge in [0.2, 0.25) is 0 Å². The first-order chi connectivity index (χ1) is 14.0. The smallest absolute Gasteiger partial charge is 0.281 e. The largest absolute Gasteiger partial charge is 0.497 e. The molecule has 1 amide bonds. The summed E-state index contributed by atoms with van der Waals surface area (Å²) in [4.78, 5) is 29.2. The summed E-state index contributed by atoms with van der Waals surface area (Å²) in [5, 5.41) is 3.20. The standard InChI is InChI=1S/C21H19FN2O4S/c1-3-4-17(25)18-20(24-19(26)13-5-7-14(22)8-6-13)29-21(23-18)28-16-11-9-15(27-2)10-12-16/h5-12H,3-4H2,1-2H3,(H,24,26). The van der Waals surface area contributed by atoms with Crippen LogP contribution in [0, 0.1) is 5.82 Å².